The predicted molar refractivity (Wildman–Crippen MR) is 92.3 cm³/mol. The van der Waals surface area contributed by atoms with E-state index in [0.717, 1.165) is 12.3 Å². The van der Waals surface area contributed by atoms with E-state index in [-0.39, 0.29) is 22.9 Å². The Morgan fingerprint density at radius 1 is 1.19 bits per heavy atom. The van der Waals surface area contributed by atoms with Gasteiger partial charge in [-0.2, -0.15) is 26.3 Å². The normalized spacial score (nSPS) is 19.2. The van der Waals surface area contributed by atoms with Crippen molar-refractivity contribution in [2.24, 2.45) is 5.16 Å². The second-order valence-corrected chi connectivity index (χ2v) is 7.07. The first-order chi connectivity index (χ1) is 14.2. The van der Waals surface area contributed by atoms with Crippen LogP contribution in [0.5, 0.6) is 0 Å². The maximum atomic E-state index is 14.6. The molecule has 1 aliphatic heterocycles. The van der Waals surface area contributed by atoms with Crippen molar-refractivity contribution in [1.82, 2.24) is 4.98 Å². The Morgan fingerprint density at radius 2 is 1.84 bits per heavy atom. The summed E-state index contributed by atoms with van der Waals surface area (Å²) in [4.78, 5) is 19.3. The molecule has 0 radical (unpaired) electrons. The number of hydrogen-bond donors (Lipinski definition) is 1. The Labute approximate surface area is 174 Å². The lowest BCUT2D eigenvalue weighted by Crippen LogP contribution is -2.43. The number of carbonyl (C=O) groups is 1. The van der Waals surface area contributed by atoms with E-state index in [9.17, 15) is 35.5 Å². The molecule has 1 N–H and O–H groups in total. The third kappa shape index (κ3) is 3.91. The number of carboxylic acids is 1. The van der Waals surface area contributed by atoms with Crippen molar-refractivity contribution >= 4 is 23.3 Å². The molecule has 3 rings (SSSR count). The third-order valence-electron chi connectivity index (χ3n) is 4.60. The quantitative estimate of drug-likeness (QED) is 0.603. The molecule has 1 atom stereocenters. The number of alkyl halides is 6. The number of hydrogen-bond acceptors (Lipinski definition) is 4. The lowest BCUT2D eigenvalue weighted by atomic mass is 9.85. The largest absolute Gasteiger partial charge is 0.478 e. The molecular formula is C18H10ClF7N2O3. The maximum Gasteiger partial charge on any atom is 0.435 e. The molecule has 0 amide bonds. The topological polar surface area (TPSA) is 71.8 Å². The van der Waals surface area contributed by atoms with E-state index in [1.54, 1.807) is 0 Å². The molecule has 1 unspecified atom stereocenters. The van der Waals surface area contributed by atoms with Crippen LogP contribution in [-0.2, 0) is 16.6 Å². The van der Waals surface area contributed by atoms with E-state index in [2.05, 4.69) is 15.0 Å². The van der Waals surface area contributed by atoms with E-state index in [1.807, 2.05) is 0 Å². The fraction of sp³-hybridized carbons (Fsp3) is 0.278. The molecule has 0 saturated carbocycles. The number of aryl methyl sites for hydroxylation is 1. The highest BCUT2D eigenvalue weighted by atomic mass is 35.5. The number of nitrogens with zero attached hydrogens (tertiary/aromatic N) is 2. The highest BCUT2D eigenvalue weighted by Gasteiger charge is 2.64. The van der Waals surface area contributed by atoms with Crippen LogP contribution in [0.4, 0.5) is 30.7 Å². The zero-order valence-electron chi connectivity index (χ0n) is 15.2. The Bertz CT molecular complexity index is 1100. The predicted octanol–water partition coefficient (Wildman–Crippen LogP) is 5.48. The van der Waals surface area contributed by atoms with E-state index in [0.29, 0.717) is 6.07 Å². The molecule has 166 valence electrons. The fourth-order valence-electron chi connectivity index (χ4n) is 3.05. The Morgan fingerprint density at radius 3 is 2.35 bits per heavy atom. The smallest absolute Gasteiger partial charge is 0.435 e. The van der Waals surface area contributed by atoms with Crippen LogP contribution in [0.15, 0.2) is 29.6 Å². The van der Waals surface area contributed by atoms with E-state index in [1.165, 1.54) is 6.92 Å². The lowest BCUT2D eigenvalue weighted by molar-refractivity contribution is -0.277. The standard InChI is InChI=1S/C18H10ClF7N2O3/c1-7-2-12(27-6-9(7)15(29)30)13-5-16(31-28-13,18(24,25)26)10-3-8(19)4-11(14(10)20)17(21,22)23/h2-4,6H,5H2,1H3,(H,29,30). The maximum absolute atomic E-state index is 14.6. The minimum atomic E-state index is -5.40. The van der Waals surface area contributed by atoms with Crippen molar-refractivity contribution in [2.45, 2.75) is 31.3 Å². The minimum absolute atomic E-state index is 0.137. The Balaban J connectivity index is 2.12. The number of halogens is 8. The van der Waals surface area contributed by atoms with Gasteiger partial charge in [-0.1, -0.05) is 16.8 Å². The van der Waals surface area contributed by atoms with Gasteiger partial charge in [0.25, 0.3) is 5.60 Å². The zero-order valence-corrected chi connectivity index (χ0v) is 16.0. The van der Waals surface area contributed by atoms with Gasteiger partial charge in [-0.3, -0.25) is 4.98 Å². The highest BCUT2D eigenvalue weighted by Crippen LogP contribution is 2.51. The molecule has 0 saturated heterocycles. The van der Waals surface area contributed by atoms with Crippen molar-refractivity contribution in [3.63, 3.8) is 0 Å². The van der Waals surface area contributed by atoms with Gasteiger partial charge in [0.15, 0.2) is 0 Å². The van der Waals surface area contributed by atoms with E-state index >= 15 is 0 Å². The molecule has 0 bridgehead atoms. The lowest BCUT2D eigenvalue weighted by Gasteiger charge is -2.30. The van der Waals surface area contributed by atoms with Crippen LogP contribution in [-0.4, -0.2) is 27.9 Å². The molecule has 2 aromatic rings. The number of aromatic carboxylic acids is 1. The molecule has 1 aromatic heterocycles. The fourth-order valence-corrected chi connectivity index (χ4v) is 3.27. The Kier molecular flexibility index (Phi) is 5.41. The van der Waals surface area contributed by atoms with Crippen LogP contribution in [0.3, 0.4) is 0 Å². The van der Waals surface area contributed by atoms with Gasteiger partial charge >= 0.3 is 18.3 Å². The van der Waals surface area contributed by atoms with Gasteiger partial charge in [-0.25, -0.2) is 9.18 Å². The molecule has 2 heterocycles. The molecule has 0 spiro atoms. The van der Waals surface area contributed by atoms with E-state index < -0.39 is 58.0 Å². The van der Waals surface area contributed by atoms with Crippen LogP contribution < -0.4 is 0 Å². The summed E-state index contributed by atoms with van der Waals surface area (Å²) in [5, 5.41) is 11.5. The molecule has 0 aliphatic carbocycles. The van der Waals surface area contributed by atoms with Crippen LogP contribution in [0, 0.1) is 12.7 Å². The second-order valence-electron chi connectivity index (χ2n) is 6.63. The van der Waals surface area contributed by atoms with Gasteiger partial charge in [0.1, 0.15) is 11.5 Å². The first kappa shape index (κ1) is 22.8. The number of oxime groups is 1. The van der Waals surface area contributed by atoms with Gasteiger partial charge in [0.05, 0.1) is 23.2 Å². The minimum Gasteiger partial charge on any atom is -0.478 e. The summed E-state index contributed by atoms with van der Waals surface area (Å²) in [6.45, 7) is 1.36. The Hall–Kier alpha value is -2.89. The summed E-state index contributed by atoms with van der Waals surface area (Å²) in [6, 6.07) is 1.68. The van der Waals surface area contributed by atoms with Crippen molar-refractivity contribution < 1.29 is 45.5 Å². The highest BCUT2D eigenvalue weighted by molar-refractivity contribution is 6.30. The summed E-state index contributed by atoms with van der Waals surface area (Å²) in [5.74, 6) is -3.53. The zero-order chi connectivity index (χ0) is 23.4. The summed E-state index contributed by atoms with van der Waals surface area (Å²) in [7, 11) is 0. The van der Waals surface area contributed by atoms with Crippen LogP contribution in [0.2, 0.25) is 5.02 Å². The number of pyridine rings is 1. The number of aromatic nitrogens is 1. The van der Waals surface area contributed by atoms with Crippen molar-refractivity contribution in [2.75, 3.05) is 0 Å². The summed E-state index contributed by atoms with van der Waals surface area (Å²) in [5.41, 5.74) is -7.84. The summed E-state index contributed by atoms with van der Waals surface area (Å²) in [6.07, 6.45) is -11.1. The average molecular weight is 471 g/mol. The molecule has 0 fully saturated rings. The second kappa shape index (κ2) is 7.36. The van der Waals surface area contributed by atoms with Crippen LogP contribution in [0.25, 0.3) is 0 Å². The third-order valence-corrected chi connectivity index (χ3v) is 4.82. The molecule has 1 aliphatic rings. The molecule has 13 heteroatoms. The van der Waals surface area contributed by atoms with Crippen LogP contribution >= 0.6 is 11.6 Å². The van der Waals surface area contributed by atoms with E-state index in [4.69, 9.17) is 16.7 Å². The molecular weight excluding hydrogens is 461 g/mol. The monoisotopic (exact) mass is 470 g/mol. The summed E-state index contributed by atoms with van der Waals surface area (Å²) < 4.78 is 95.9. The summed E-state index contributed by atoms with van der Waals surface area (Å²) >= 11 is 5.54. The molecule has 1 aromatic carbocycles. The van der Waals surface area contributed by atoms with Gasteiger partial charge in [-0.15, -0.1) is 0 Å². The molecule has 5 nitrogen and oxygen atoms in total. The van der Waals surface area contributed by atoms with Gasteiger partial charge in [0, 0.05) is 16.8 Å². The van der Waals surface area contributed by atoms with Gasteiger partial charge < -0.3 is 9.94 Å². The molecule has 31 heavy (non-hydrogen) atoms. The number of rotatable bonds is 3. The van der Waals surface area contributed by atoms with Gasteiger partial charge in [-0.05, 0) is 30.7 Å². The van der Waals surface area contributed by atoms with Crippen molar-refractivity contribution in [1.29, 1.82) is 0 Å². The van der Waals surface area contributed by atoms with Crippen molar-refractivity contribution in [3.05, 3.63) is 63.2 Å². The number of benzene rings is 1. The SMILES string of the molecule is Cc1cc(C2=NOC(c3cc(Cl)cc(C(F)(F)F)c3F)(C(F)(F)F)C2)ncc1C(=O)O. The first-order valence-electron chi connectivity index (χ1n) is 8.26. The van der Waals surface area contributed by atoms with Crippen molar-refractivity contribution in [3.8, 4) is 0 Å². The van der Waals surface area contributed by atoms with Crippen LogP contribution in [0.1, 0.15) is 39.2 Å². The number of carboxylic acid groups (broad SMARTS) is 1. The van der Waals surface area contributed by atoms with Gasteiger partial charge in [0.2, 0.25) is 0 Å². The first-order valence-corrected chi connectivity index (χ1v) is 8.64. The average Bonchev–Trinajstić information content (AvgIpc) is 3.08.